The van der Waals surface area contributed by atoms with Gasteiger partial charge in [0, 0.05) is 19.5 Å². The van der Waals surface area contributed by atoms with E-state index in [-0.39, 0.29) is 0 Å². The lowest BCUT2D eigenvalue weighted by Crippen LogP contribution is -1.85. The summed E-state index contributed by atoms with van der Waals surface area (Å²) in [6, 6.07) is 6.18. The predicted molar refractivity (Wildman–Crippen MR) is 74.2 cm³/mol. The van der Waals surface area contributed by atoms with Crippen molar-refractivity contribution >= 4 is 38.5 Å². The van der Waals surface area contributed by atoms with Gasteiger partial charge in [0.2, 0.25) is 0 Å². The summed E-state index contributed by atoms with van der Waals surface area (Å²) in [7, 11) is 0. The molecule has 3 nitrogen and oxygen atoms in total. The molecule has 82 valence electrons. The number of hydrogen-bond donors (Lipinski definition) is 1. The van der Waals surface area contributed by atoms with Crippen molar-refractivity contribution in [3.63, 3.8) is 0 Å². The average Bonchev–Trinajstić information content (AvgIpc) is 3.01. The van der Waals surface area contributed by atoms with Crippen LogP contribution in [0.15, 0.2) is 22.7 Å². The van der Waals surface area contributed by atoms with Crippen LogP contribution in [0.25, 0.3) is 11.4 Å². The fourth-order valence-electron chi connectivity index (χ4n) is 1.60. The van der Waals surface area contributed by atoms with E-state index in [2.05, 4.69) is 65.8 Å². The van der Waals surface area contributed by atoms with Crippen molar-refractivity contribution in [3.8, 4) is 11.4 Å². The minimum Gasteiger partial charge on any atom is -0.262 e. The lowest BCUT2D eigenvalue weighted by Gasteiger charge is -1.99. The van der Waals surface area contributed by atoms with Gasteiger partial charge in [0.25, 0.3) is 0 Å². The Kier molecular flexibility index (Phi) is 2.75. The molecule has 1 aromatic heterocycles. The molecule has 1 heterocycles. The highest BCUT2D eigenvalue weighted by Crippen LogP contribution is 2.38. The highest BCUT2D eigenvalue weighted by atomic mass is 127. The third-order valence-corrected chi connectivity index (χ3v) is 4.00. The van der Waals surface area contributed by atoms with Gasteiger partial charge in [-0.1, -0.05) is 15.9 Å². The largest absolute Gasteiger partial charge is 0.262 e. The molecule has 0 unspecified atom stereocenters. The van der Waals surface area contributed by atoms with E-state index in [0.717, 1.165) is 21.7 Å². The van der Waals surface area contributed by atoms with Crippen LogP contribution >= 0.6 is 38.5 Å². The summed E-state index contributed by atoms with van der Waals surface area (Å²) in [5.74, 6) is 2.43. The van der Waals surface area contributed by atoms with Crippen molar-refractivity contribution in [2.75, 3.05) is 0 Å². The van der Waals surface area contributed by atoms with Gasteiger partial charge in [-0.2, -0.15) is 5.10 Å². The molecular weight excluding hydrogens is 381 g/mol. The summed E-state index contributed by atoms with van der Waals surface area (Å²) in [6.45, 7) is 0. The van der Waals surface area contributed by atoms with E-state index < -0.39 is 0 Å². The summed E-state index contributed by atoms with van der Waals surface area (Å²) < 4.78 is 2.22. The monoisotopic (exact) mass is 389 g/mol. The molecule has 1 saturated carbocycles. The number of nitrogens with zero attached hydrogens (tertiary/aromatic N) is 2. The Hall–Kier alpha value is -0.430. The molecular formula is C11H9BrIN3. The van der Waals surface area contributed by atoms with E-state index in [0.29, 0.717) is 5.92 Å². The molecule has 16 heavy (non-hydrogen) atoms. The Labute approximate surface area is 115 Å². The van der Waals surface area contributed by atoms with Gasteiger partial charge in [0.1, 0.15) is 5.82 Å². The summed E-state index contributed by atoms with van der Waals surface area (Å²) in [5.41, 5.74) is 1.05. The van der Waals surface area contributed by atoms with E-state index in [1.165, 1.54) is 16.4 Å². The number of aromatic amines is 1. The average molecular weight is 390 g/mol. The van der Waals surface area contributed by atoms with Gasteiger partial charge in [0.05, 0.1) is 0 Å². The molecule has 1 fully saturated rings. The Morgan fingerprint density at radius 1 is 1.38 bits per heavy atom. The number of halogens is 2. The van der Waals surface area contributed by atoms with Crippen LogP contribution in [-0.2, 0) is 0 Å². The maximum Gasteiger partial charge on any atom is 0.182 e. The molecule has 0 amide bonds. The van der Waals surface area contributed by atoms with Crippen molar-refractivity contribution in [1.82, 2.24) is 15.2 Å². The maximum absolute atomic E-state index is 4.54. The van der Waals surface area contributed by atoms with Gasteiger partial charge in [-0.05, 0) is 53.6 Å². The molecule has 0 saturated heterocycles. The zero-order valence-corrected chi connectivity index (χ0v) is 12.1. The molecule has 0 bridgehead atoms. The van der Waals surface area contributed by atoms with Crippen LogP contribution in [0.2, 0.25) is 0 Å². The maximum atomic E-state index is 4.54. The van der Waals surface area contributed by atoms with Crippen molar-refractivity contribution < 1.29 is 0 Å². The van der Waals surface area contributed by atoms with Crippen LogP contribution in [0.1, 0.15) is 24.6 Å². The van der Waals surface area contributed by atoms with Gasteiger partial charge >= 0.3 is 0 Å². The van der Waals surface area contributed by atoms with Crippen molar-refractivity contribution in [3.05, 3.63) is 32.1 Å². The molecule has 0 radical (unpaired) electrons. The Morgan fingerprint density at radius 3 is 2.94 bits per heavy atom. The minimum atomic E-state index is 0.614. The number of nitrogens with one attached hydrogen (secondary N) is 1. The first-order valence-corrected chi connectivity index (χ1v) is 6.99. The first kappa shape index (κ1) is 10.7. The highest BCUT2D eigenvalue weighted by Gasteiger charge is 2.27. The Balaban J connectivity index is 2.03. The molecule has 3 rings (SSSR count). The van der Waals surface area contributed by atoms with Crippen LogP contribution < -0.4 is 0 Å². The van der Waals surface area contributed by atoms with Gasteiger partial charge in [-0.25, -0.2) is 4.98 Å². The van der Waals surface area contributed by atoms with Gasteiger partial charge in [-0.3, -0.25) is 5.10 Å². The standard InChI is InChI=1S/C11H9BrIN3/c12-9-4-3-7(13)5-8(9)11-14-10(15-16-11)6-1-2-6/h3-6H,1-2H2,(H,14,15,16). The van der Waals surface area contributed by atoms with Gasteiger partial charge in [-0.15, -0.1) is 0 Å². The number of H-pyrrole nitrogens is 1. The van der Waals surface area contributed by atoms with E-state index in [4.69, 9.17) is 0 Å². The van der Waals surface area contributed by atoms with Crippen LogP contribution in [-0.4, -0.2) is 15.2 Å². The third-order valence-electron chi connectivity index (χ3n) is 2.64. The zero-order chi connectivity index (χ0) is 11.1. The molecule has 5 heteroatoms. The molecule has 1 aromatic carbocycles. The lowest BCUT2D eigenvalue weighted by atomic mass is 10.2. The minimum absolute atomic E-state index is 0.614. The first-order valence-electron chi connectivity index (χ1n) is 5.12. The van der Waals surface area contributed by atoms with E-state index in [1.54, 1.807) is 0 Å². The van der Waals surface area contributed by atoms with Crippen LogP contribution in [0, 0.1) is 3.57 Å². The third kappa shape index (κ3) is 2.02. The molecule has 1 aliphatic carbocycles. The molecule has 0 aliphatic heterocycles. The van der Waals surface area contributed by atoms with Crippen molar-refractivity contribution in [2.45, 2.75) is 18.8 Å². The summed E-state index contributed by atoms with van der Waals surface area (Å²) in [5, 5.41) is 7.31. The second-order valence-electron chi connectivity index (χ2n) is 3.94. The summed E-state index contributed by atoms with van der Waals surface area (Å²) >= 11 is 5.83. The SMILES string of the molecule is Brc1ccc(I)cc1-c1n[nH]c(C2CC2)n1. The fraction of sp³-hybridized carbons (Fsp3) is 0.273. The molecule has 1 aliphatic rings. The van der Waals surface area contributed by atoms with Gasteiger partial charge in [0.15, 0.2) is 5.82 Å². The van der Waals surface area contributed by atoms with Crippen molar-refractivity contribution in [1.29, 1.82) is 0 Å². The van der Waals surface area contributed by atoms with E-state index >= 15 is 0 Å². The number of rotatable bonds is 2. The van der Waals surface area contributed by atoms with E-state index in [1.807, 2.05) is 6.07 Å². The van der Waals surface area contributed by atoms with Crippen LogP contribution in [0.5, 0.6) is 0 Å². The molecule has 2 aromatic rings. The second kappa shape index (κ2) is 4.10. The predicted octanol–water partition coefficient (Wildman–Crippen LogP) is 3.72. The molecule has 0 spiro atoms. The highest BCUT2D eigenvalue weighted by molar-refractivity contribution is 14.1. The van der Waals surface area contributed by atoms with Crippen molar-refractivity contribution in [2.24, 2.45) is 0 Å². The first-order chi connectivity index (χ1) is 7.74. The zero-order valence-electron chi connectivity index (χ0n) is 8.37. The van der Waals surface area contributed by atoms with Crippen LogP contribution in [0.3, 0.4) is 0 Å². The number of benzene rings is 1. The Morgan fingerprint density at radius 2 is 2.19 bits per heavy atom. The lowest BCUT2D eigenvalue weighted by molar-refractivity contribution is 0.935. The van der Waals surface area contributed by atoms with Gasteiger partial charge < -0.3 is 0 Å². The Bertz CT molecular complexity index is 534. The quantitative estimate of drug-likeness (QED) is 0.795. The smallest absolute Gasteiger partial charge is 0.182 e. The normalized spacial score (nSPS) is 15.4. The summed E-state index contributed by atoms with van der Waals surface area (Å²) in [6.07, 6.45) is 2.48. The topological polar surface area (TPSA) is 41.6 Å². The summed E-state index contributed by atoms with van der Waals surface area (Å²) in [4.78, 5) is 4.54. The van der Waals surface area contributed by atoms with Crippen LogP contribution in [0.4, 0.5) is 0 Å². The second-order valence-corrected chi connectivity index (χ2v) is 6.04. The molecule has 1 N–H and O–H groups in total. The molecule has 0 atom stereocenters. The van der Waals surface area contributed by atoms with E-state index in [9.17, 15) is 0 Å². The number of aromatic nitrogens is 3. The number of hydrogen-bond acceptors (Lipinski definition) is 2. The fourth-order valence-corrected chi connectivity index (χ4v) is 2.52.